The molecule has 0 aromatic rings. The Morgan fingerprint density at radius 3 is 2.57 bits per heavy atom. The van der Waals surface area contributed by atoms with E-state index in [1.807, 2.05) is 13.8 Å². The van der Waals surface area contributed by atoms with Gasteiger partial charge in [-0.15, -0.1) is 0 Å². The fourth-order valence-corrected chi connectivity index (χ4v) is 1.45. The Morgan fingerprint density at radius 1 is 1.64 bits per heavy atom. The number of aliphatic hydroxyl groups is 1. The maximum absolute atomic E-state index is 10.9. The Bertz CT molecular complexity index is 318. The smallest absolute Gasteiger partial charge is 0.255 e. The second-order valence-corrected chi connectivity index (χ2v) is 3.78. The molecular formula is C9H15N3O2. The summed E-state index contributed by atoms with van der Waals surface area (Å²) in [4.78, 5) is 14.9. The average molecular weight is 197 g/mol. The molecule has 0 bridgehead atoms. The van der Waals surface area contributed by atoms with Gasteiger partial charge < -0.3 is 16.6 Å². The fraction of sp³-hybridized carbons (Fsp3) is 0.556. The number of aliphatic hydroxyl groups excluding tert-OH is 1. The van der Waals surface area contributed by atoms with E-state index in [1.54, 1.807) is 0 Å². The zero-order chi connectivity index (χ0) is 10.9. The SMILES string of the molecule is CC(C)C[C@@H]1N=C(N)C(C(N)=O)=C1O. The number of amides is 1. The highest BCUT2D eigenvalue weighted by atomic mass is 16.3. The zero-order valence-electron chi connectivity index (χ0n) is 8.32. The third-order valence-corrected chi connectivity index (χ3v) is 2.06. The number of amidine groups is 1. The number of rotatable bonds is 3. The van der Waals surface area contributed by atoms with Crippen molar-refractivity contribution in [3.05, 3.63) is 11.3 Å². The largest absolute Gasteiger partial charge is 0.509 e. The lowest BCUT2D eigenvalue weighted by Crippen LogP contribution is -2.25. The van der Waals surface area contributed by atoms with Crippen molar-refractivity contribution in [2.45, 2.75) is 26.3 Å². The predicted molar refractivity (Wildman–Crippen MR) is 53.7 cm³/mol. The number of hydrogen-bond donors (Lipinski definition) is 3. The first-order chi connectivity index (χ1) is 6.43. The normalized spacial score (nSPS) is 21.6. The fourth-order valence-electron chi connectivity index (χ4n) is 1.45. The molecule has 1 heterocycles. The summed E-state index contributed by atoms with van der Waals surface area (Å²) >= 11 is 0. The minimum Gasteiger partial charge on any atom is -0.509 e. The molecule has 0 radical (unpaired) electrons. The van der Waals surface area contributed by atoms with Crippen LogP contribution in [0, 0.1) is 5.92 Å². The molecule has 1 rings (SSSR count). The minimum absolute atomic E-state index is 0.0318. The van der Waals surface area contributed by atoms with Crippen molar-refractivity contribution in [1.29, 1.82) is 0 Å². The predicted octanol–water partition coefficient (Wildman–Crippen LogP) is 0.0693. The van der Waals surface area contributed by atoms with E-state index in [-0.39, 0.29) is 17.2 Å². The topological polar surface area (TPSA) is 102 Å². The van der Waals surface area contributed by atoms with E-state index in [2.05, 4.69) is 4.99 Å². The zero-order valence-corrected chi connectivity index (χ0v) is 8.32. The molecule has 1 atom stereocenters. The molecule has 1 aliphatic rings. The maximum atomic E-state index is 10.9. The van der Waals surface area contributed by atoms with E-state index in [9.17, 15) is 9.90 Å². The van der Waals surface area contributed by atoms with Gasteiger partial charge in [0.25, 0.3) is 5.91 Å². The number of hydrogen-bond acceptors (Lipinski definition) is 4. The van der Waals surface area contributed by atoms with Gasteiger partial charge >= 0.3 is 0 Å². The summed E-state index contributed by atoms with van der Waals surface area (Å²) in [6.45, 7) is 4.00. The molecule has 14 heavy (non-hydrogen) atoms. The second kappa shape index (κ2) is 3.69. The maximum Gasteiger partial charge on any atom is 0.255 e. The molecule has 0 spiro atoms. The number of nitrogens with two attached hydrogens (primary N) is 2. The molecule has 1 amide bonds. The van der Waals surface area contributed by atoms with Crippen LogP contribution in [0.1, 0.15) is 20.3 Å². The molecule has 0 aromatic carbocycles. The van der Waals surface area contributed by atoms with Gasteiger partial charge in [-0.3, -0.25) is 9.79 Å². The number of carbonyl (C=O) groups excluding carboxylic acids is 1. The molecular weight excluding hydrogens is 182 g/mol. The van der Waals surface area contributed by atoms with E-state index in [1.165, 1.54) is 0 Å². The van der Waals surface area contributed by atoms with Crippen molar-refractivity contribution in [2.24, 2.45) is 22.4 Å². The van der Waals surface area contributed by atoms with E-state index >= 15 is 0 Å². The van der Waals surface area contributed by atoms with Gasteiger partial charge in [-0.2, -0.15) is 0 Å². The lowest BCUT2D eigenvalue weighted by Gasteiger charge is -2.09. The Balaban J connectivity index is 2.91. The van der Waals surface area contributed by atoms with E-state index in [0.29, 0.717) is 12.3 Å². The van der Waals surface area contributed by atoms with Crippen molar-refractivity contribution >= 4 is 11.7 Å². The number of primary amides is 1. The van der Waals surface area contributed by atoms with Crippen LogP contribution in [0.15, 0.2) is 16.3 Å². The third kappa shape index (κ3) is 1.86. The monoisotopic (exact) mass is 197 g/mol. The van der Waals surface area contributed by atoms with Crippen molar-refractivity contribution in [3.8, 4) is 0 Å². The van der Waals surface area contributed by atoms with Gasteiger partial charge in [0.1, 0.15) is 23.2 Å². The van der Waals surface area contributed by atoms with Gasteiger partial charge in [0.05, 0.1) is 0 Å². The van der Waals surface area contributed by atoms with Crippen LogP contribution in [0.5, 0.6) is 0 Å². The number of nitrogens with zero attached hydrogens (tertiary/aromatic N) is 1. The van der Waals surface area contributed by atoms with Crippen molar-refractivity contribution in [2.75, 3.05) is 0 Å². The van der Waals surface area contributed by atoms with Gasteiger partial charge in [0.15, 0.2) is 0 Å². The highest BCUT2D eigenvalue weighted by molar-refractivity contribution is 6.21. The van der Waals surface area contributed by atoms with Crippen LogP contribution in [0.25, 0.3) is 0 Å². The highest BCUT2D eigenvalue weighted by Gasteiger charge is 2.29. The summed E-state index contributed by atoms with van der Waals surface area (Å²) in [5.41, 5.74) is 10.5. The van der Waals surface area contributed by atoms with Crippen LogP contribution >= 0.6 is 0 Å². The van der Waals surface area contributed by atoms with Crippen molar-refractivity contribution in [1.82, 2.24) is 0 Å². The summed E-state index contributed by atoms with van der Waals surface area (Å²) in [7, 11) is 0. The highest BCUT2D eigenvalue weighted by Crippen LogP contribution is 2.23. The van der Waals surface area contributed by atoms with Gasteiger partial charge in [0, 0.05) is 0 Å². The summed E-state index contributed by atoms with van der Waals surface area (Å²) in [5, 5.41) is 9.62. The third-order valence-electron chi connectivity index (χ3n) is 2.06. The Hall–Kier alpha value is -1.52. The average Bonchev–Trinajstić information content (AvgIpc) is 2.25. The summed E-state index contributed by atoms with van der Waals surface area (Å²) in [5.74, 6) is -0.412. The van der Waals surface area contributed by atoms with Crippen LogP contribution in [0.3, 0.4) is 0 Å². The number of carbonyl (C=O) groups is 1. The van der Waals surface area contributed by atoms with Crippen LogP contribution in [-0.2, 0) is 4.79 Å². The van der Waals surface area contributed by atoms with E-state index in [0.717, 1.165) is 0 Å². The minimum atomic E-state index is -0.727. The standard InChI is InChI=1S/C9H15N3O2/c1-4(2)3-5-7(13)6(9(11)14)8(10)12-5/h4-5,13H,3H2,1-2H3,(H2,10,12)(H2,11,14)/t5-/m0/s1. The second-order valence-electron chi connectivity index (χ2n) is 3.78. The van der Waals surface area contributed by atoms with E-state index in [4.69, 9.17) is 11.5 Å². The summed E-state index contributed by atoms with van der Waals surface area (Å²) < 4.78 is 0. The van der Waals surface area contributed by atoms with Gasteiger partial charge in [-0.05, 0) is 12.3 Å². The van der Waals surface area contributed by atoms with Gasteiger partial charge in [0.2, 0.25) is 0 Å². The molecule has 0 unspecified atom stereocenters. The van der Waals surface area contributed by atoms with Crippen LogP contribution < -0.4 is 11.5 Å². The molecule has 78 valence electrons. The summed E-state index contributed by atoms with van der Waals surface area (Å²) in [6.07, 6.45) is 0.656. The molecule has 1 aliphatic heterocycles. The Kier molecular flexibility index (Phi) is 2.78. The van der Waals surface area contributed by atoms with Gasteiger partial charge in [-0.1, -0.05) is 13.8 Å². The molecule has 0 aliphatic carbocycles. The van der Waals surface area contributed by atoms with Crippen molar-refractivity contribution in [3.63, 3.8) is 0 Å². The molecule has 0 saturated carbocycles. The molecule has 0 saturated heterocycles. The molecule has 0 aromatic heterocycles. The van der Waals surface area contributed by atoms with Gasteiger partial charge in [-0.25, -0.2) is 0 Å². The first kappa shape index (κ1) is 10.6. The summed E-state index contributed by atoms with van der Waals surface area (Å²) in [6, 6.07) is -0.405. The van der Waals surface area contributed by atoms with Crippen LogP contribution in [0.4, 0.5) is 0 Å². The lowest BCUT2D eigenvalue weighted by molar-refractivity contribution is -0.114. The molecule has 0 fully saturated rings. The quantitative estimate of drug-likeness (QED) is 0.596. The van der Waals surface area contributed by atoms with Crippen LogP contribution in [0.2, 0.25) is 0 Å². The Morgan fingerprint density at radius 2 is 2.21 bits per heavy atom. The molecule has 5 heteroatoms. The van der Waals surface area contributed by atoms with Crippen LogP contribution in [-0.4, -0.2) is 22.9 Å². The van der Waals surface area contributed by atoms with E-state index < -0.39 is 11.9 Å². The lowest BCUT2D eigenvalue weighted by atomic mass is 10.0. The number of aliphatic imine (C=N–C) groups is 1. The first-order valence-electron chi connectivity index (χ1n) is 4.50. The van der Waals surface area contributed by atoms with Crippen molar-refractivity contribution < 1.29 is 9.90 Å². The first-order valence-corrected chi connectivity index (χ1v) is 4.50. The molecule has 5 nitrogen and oxygen atoms in total. The molecule has 5 N–H and O–H groups in total. The Labute approximate surface area is 82.5 Å².